The smallest absolute Gasteiger partial charge is 0.0861 e. The van der Waals surface area contributed by atoms with Gasteiger partial charge in [-0.15, -0.1) is 0 Å². The zero-order valence-corrected chi connectivity index (χ0v) is 18.9. The first kappa shape index (κ1) is 23.1. The highest BCUT2D eigenvalue weighted by molar-refractivity contribution is 5.08. The minimum Gasteiger partial charge on any atom is -0.392 e. The molecule has 1 heterocycles. The van der Waals surface area contributed by atoms with Gasteiger partial charge in [0.05, 0.1) is 24.0 Å². The minimum atomic E-state index is -0.340. The average Bonchev–Trinajstić information content (AvgIpc) is 2.80. The van der Waals surface area contributed by atoms with Gasteiger partial charge in [0.1, 0.15) is 0 Å². The van der Waals surface area contributed by atoms with Crippen molar-refractivity contribution in [3.63, 3.8) is 0 Å². The van der Waals surface area contributed by atoms with E-state index >= 15 is 0 Å². The first-order valence-electron chi connectivity index (χ1n) is 10.4. The Kier molecular flexibility index (Phi) is 7.88. The molecule has 1 rings (SSSR count). The molecule has 0 saturated carbocycles. The van der Waals surface area contributed by atoms with E-state index in [-0.39, 0.29) is 28.8 Å². The summed E-state index contributed by atoms with van der Waals surface area (Å²) in [7, 11) is 0. The van der Waals surface area contributed by atoms with Crippen LogP contribution < -0.4 is 0 Å². The fourth-order valence-corrected chi connectivity index (χ4v) is 4.15. The van der Waals surface area contributed by atoms with Gasteiger partial charge in [0.25, 0.3) is 0 Å². The van der Waals surface area contributed by atoms with Crippen LogP contribution in [0.15, 0.2) is 0 Å². The molecular weight excluding hydrogens is 322 g/mol. The second kappa shape index (κ2) is 8.86. The molecule has 0 aliphatic rings. The Morgan fingerprint density at radius 3 is 2.00 bits per heavy atom. The molecule has 1 aromatic rings. The van der Waals surface area contributed by atoms with Crippen LogP contribution in [0.25, 0.3) is 0 Å². The summed E-state index contributed by atoms with van der Waals surface area (Å²) in [4.78, 5) is 1.82. The molecule has 0 unspecified atom stereocenters. The number of aromatic nitrogens is 3. The van der Waals surface area contributed by atoms with E-state index in [1.54, 1.807) is 0 Å². The predicted molar refractivity (Wildman–Crippen MR) is 110 cm³/mol. The number of aryl methyl sites for hydroxylation is 1. The van der Waals surface area contributed by atoms with Gasteiger partial charge in [-0.2, -0.15) is 15.0 Å². The van der Waals surface area contributed by atoms with Crippen LogP contribution in [-0.4, -0.2) is 26.2 Å². The van der Waals surface area contributed by atoms with Crippen molar-refractivity contribution in [1.82, 2.24) is 15.0 Å². The van der Waals surface area contributed by atoms with Crippen molar-refractivity contribution in [2.24, 2.45) is 28.6 Å². The van der Waals surface area contributed by atoms with E-state index in [0.717, 1.165) is 30.7 Å². The summed E-state index contributed by atoms with van der Waals surface area (Å²) in [5.41, 5.74) is 2.37. The van der Waals surface area contributed by atoms with E-state index in [2.05, 4.69) is 67.4 Å². The molecule has 4 nitrogen and oxygen atoms in total. The first-order chi connectivity index (χ1) is 11.8. The monoisotopic (exact) mass is 365 g/mol. The quantitative estimate of drug-likeness (QED) is 0.682. The fraction of sp³-hybridized carbons (Fsp3) is 0.909. The Morgan fingerprint density at radius 1 is 1.00 bits per heavy atom. The van der Waals surface area contributed by atoms with Crippen LogP contribution in [0.4, 0.5) is 0 Å². The number of aliphatic hydroxyl groups excluding tert-OH is 1. The van der Waals surface area contributed by atoms with Crippen LogP contribution in [0, 0.1) is 35.5 Å². The molecule has 0 spiro atoms. The van der Waals surface area contributed by atoms with Crippen molar-refractivity contribution in [3.05, 3.63) is 11.4 Å². The Labute approximate surface area is 161 Å². The van der Waals surface area contributed by atoms with Crippen LogP contribution in [0.5, 0.6) is 0 Å². The molecule has 1 aromatic heterocycles. The summed E-state index contributed by atoms with van der Waals surface area (Å²) in [5, 5.41) is 20.7. The lowest BCUT2D eigenvalue weighted by molar-refractivity contribution is -0.0361. The van der Waals surface area contributed by atoms with Gasteiger partial charge in [0.2, 0.25) is 0 Å². The molecule has 4 heteroatoms. The third-order valence-corrected chi connectivity index (χ3v) is 5.65. The molecule has 1 N–H and O–H groups in total. The minimum absolute atomic E-state index is 0.0765. The standard InChI is InChI=1S/C22H43N3O/c1-11-15(3)19(22(8,9)10)20(26)17(12-2)14-25-23-16(4)18(24-25)13-21(5,6)7/h15,17,19-20,26H,11-14H2,1-10H3/t15-,17-,19-,20+/m0/s1. The van der Waals surface area contributed by atoms with Crippen LogP contribution in [0.2, 0.25) is 0 Å². The summed E-state index contributed by atoms with van der Waals surface area (Å²) < 4.78 is 0. The van der Waals surface area contributed by atoms with Crippen molar-refractivity contribution < 1.29 is 5.11 Å². The largest absolute Gasteiger partial charge is 0.392 e. The molecule has 0 saturated heterocycles. The van der Waals surface area contributed by atoms with Crippen molar-refractivity contribution in [2.75, 3.05) is 0 Å². The van der Waals surface area contributed by atoms with Crippen molar-refractivity contribution >= 4 is 0 Å². The summed E-state index contributed by atoms with van der Waals surface area (Å²) in [6, 6.07) is 0. The zero-order valence-electron chi connectivity index (χ0n) is 18.9. The number of aliphatic hydroxyl groups is 1. The molecule has 4 atom stereocenters. The Morgan fingerprint density at radius 2 is 1.58 bits per heavy atom. The maximum Gasteiger partial charge on any atom is 0.0861 e. The van der Waals surface area contributed by atoms with Crippen molar-refractivity contribution in [1.29, 1.82) is 0 Å². The number of nitrogens with zero attached hydrogens (tertiary/aromatic N) is 3. The van der Waals surface area contributed by atoms with Gasteiger partial charge in [-0.3, -0.25) is 0 Å². The summed E-state index contributed by atoms with van der Waals surface area (Å²) in [5.74, 6) is 0.925. The van der Waals surface area contributed by atoms with Gasteiger partial charge in [-0.1, -0.05) is 68.7 Å². The van der Waals surface area contributed by atoms with E-state index in [9.17, 15) is 5.11 Å². The van der Waals surface area contributed by atoms with Crippen molar-refractivity contribution in [2.45, 2.75) is 101 Å². The van der Waals surface area contributed by atoms with Gasteiger partial charge >= 0.3 is 0 Å². The number of hydrogen-bond donors (Lipinski definition) is 1. The van der Waals surface area contributed by atoms with Crippen LogP contribution in [0.3, 0.4) is 0 Å². The molecule has 0 amide bonds. The third-order valence-electron chi connectivity index (χ3n) is 5.65. The summed E-state index contributed by atoms with van der Waals surface area (Å²) >= 11 is 0. The van der Waals surface area contributed by atoms with Crippen LogP contribution in [-0.2, 0) is 13.0 Å². The molecule has 0 aliphatic heterocycles. The lowest BCUT2D eigenvalue weighted by atomic mass is 9.67. The van der Waals surface area contributed by atoms with E-state index in [1.165, 1.54) is 0 Å². The molecular formula is C22H43N3O. The highest BCUT2D eigenvalue weighted by atomic mass is 16.3. The Balaban J connectivity index is 3.00. The van der Waals surface area contributed by atoms with Gasteiger partial charge < -0.3 is 5.11 Å². The third kappa shape index (κ3) is 6.37. The lowest BCUT2D eigenvalue weighted by Crippen LogP contribution is -2.42. The molecule has 0 bridgehead atoms. The van der Waals surface area contributed by atoms with E-state index < -0.39 is 0 Å². The Hall–Kier alpha value is -0.900. The number of rotatable bonds is 8. The van der Waals surface area contributed by atoms with E-state index in [1.807, 2.05) is 11.7 Å². The first-order valence-corrected chi connectivity index (χ1v) is 10.4. The van der Waals surface area contributed by atoms with E-state index in [4.69, 9.17) is 5.10 Å². The molecule has 26 heavy (non-hydrogen) atoms. The predicted octanol–water partition coefficient (Wildman–Crippen LogP) is 5.27. The molecule has 0 aliphatic carbocycles. The molecule has 0 aromatic carbocycles. The Bertz CT molecular complexity index is 551. The maximum atomic E-state index is 11.3. The molecule has 0 radical (unpaired) electrons. The summed E-state index contributed by atoms with van der Waals surface area (Å²) in [6.07, 6.45) is 2.60. The lowest BCUT2D eigenvalue weighted by Gasteiger charge is -2.41. The highest BCUT2D eigenvalue weighted by Crippen LogP contribution is 2.39. The fourth-order valence-electron chi connectivity index (χ4n) is 4.15. The highest BCUT2D eigenvalue weighted by Gasteiger charge is 2.38. The normalized spacial score (nSPS) is 17.8. The zero-order chi connectivity index (χ0) is 20.3. The average molecular weight is 366 g/mol. The van der Waals surface area contributed by atoms with Gasteiger partial charge in [0.15, 0.2) is 0 Å². The number of hydrogen-bond acceptors (Lipinski definition) is 3. The van der Waals surface area contributed by atoms with Gasteiger partial charge in [-0.25, -0.2) is 0 Å². The van der Waals surface area contributed by atoms with Gasteiger partial charge in [-0.05, 0) is 42.4 Å². The van der Waals surface area contributed by atoms with Crippen LogP contribution in [0.1, 0.15) is 86.5 Å². The second-order valence-electron chi connectivity index (χ2n) is 10.5. The van der Waals surface area contributed by atoms with Crippen molar-refractivity contribution in [3.8, 4) is 0 Å². The second-order valence-corrected chi connectivity index (χ2v) is 10.5. The summed E-state index contributed by atoms with van der Waals surface area (Å²) in [6.45, 7) is 22.8. The van der Waals surface area contributed by atoms with E-state index in [0.29, 0.717) is 12.5 Å². The van der Waals surface area contributed by atoms with Gasteiger partial charge in [0, 0.05) is 5.92 Å². The maximum absolute atomic E-state index is 11.3. The SMILES string of the molecule is CC[C@@H](Cn1nc(C)c(CC(C)(C)C)n1)[C@@H](O)[C@H]([C@@H](C)CC)C(C)(C)C. The molecule has 152 valence electrons. The topological polar surface area (TPSA) is 50.9 Å². The van der Waals surface area contributed by atoms with Crippen LogP contribution >= 0.6 is 0 Å². The molecule has 0 fully saturated rings.